The number of amides is 2. The largest absolute Gasteiger partial charge is 0.366 e. The van der Waals surface area contributed by atoms with Crippen molar-refractivity contribution in [2.24, 2.45) is 5.73 Å². The number of aromatic nitrogens is 3. The van der Waals surface area contributed by atoms with Gasteiger partial charge < -0.3 is 11.1 Å². The molecule has 0 saturated heterocycles. The fraction of sp³-hybridized carbons (Fsp3) is 0.0909. The van der Waals surface area contributed by atoms with Crippen LogP contribution in [0.3, 0.4) is 0 Å². The Morgan fingerprint density at radius 1 is 1.30 bits per heavy atom. The molecule has 1 heterocycles. The number of carbonyl (C=O) groups is 2. The molecule has 7 nitrogen and oxygen atoms in total. The number of hydrogen-bond acceptors (Lipinski definition) is 4. The van der Waals surface area contributed by atoms with E-state index in [2.05, 4.69) is 20.5 Å². The van der Waals surface area contributed by atoms with E-state index in [0.29, 0.717) is 11.9 Å². The monoisotopic (exact) mass is 281 g/mol. The fourth-order valence-electron chi connectivity index (χ4n) is 1.46. The number of carbonyl (C=O) groups excluding carboxylic acids is 2. The molecule has 4 N–H and O–H groups in total. The normalized spacial score (nSPS) is 10.3. The summed E-state index contributed by atoms with van der Waals surface area (Å²) in [4.78, 5) is 26.4. The summed E-state index contributed by atoms with van der Waals surface area (Å²) < 4.78 is 26.8. The van der Waals surface area contributed by atoms with Gasteiger partial charge in [-0.25, -0.2) is 13.8 Å². The van der Waals surface area contributed by atoms with Crippen LogP contribution in [0.25, 0.3) is 0 Å². The first kappa shape index (κ1) is 13.6. The van der Waals surface area contributed by atoms with Gasteiger partial charge in [0.1, 0.15) is 17.5 Å². The summed E-state index contributed by atoms with van der Waals surface area (Å²) in [6.45, 7) is 1.58. The number of benzene rings is 1. The third-order valence-corrected chi connectivity index (χ3v) is 2.37. The van der Waals surface area contributed by atoms with Crippen molar-refractivity contribution in [2.75, 3.05) is 5.32 Å². The van der Waals surface area contributed by atoms with Crippen LogP contribution >= 0.6 is 0 Å². The number of primary amides is 1. The predicted octanol–water partition coefficient (Wildman–Crippen LogP) is 0.743. The standard InChI is InChI=1S/C11H9F2N5O2/c1-4-15-10(18-17-4)11(20)16-8-2-5(9(14)19)6(12)3-7(8)13/h2-3H,1H3,(H2,14,19)(H,16,20)(H,15,17,18). The number of anilines is 1. The van der Waals surface area contributed by atoms with Crippen molar-refractivity contribution in [3.8, 4) is 0 Å². The zero-order valence-electron chi connectivity index (χ0n) is 10.2. The maximum absolute atomic E-state index is 13.5. The number of H-pyrrole nitrogens is 1. The Balaban J connectivity index is 2.31. The van der Waals surface area contributed by atoms with Gasteiger partial charge in [0.2, 0.25) is 5.82 Å². The Kier molecular flexibility index (Phi) is 3.42. The molecule has 1 aromatic carbocycles. The maximum atomic E-state index is 13.5. The lowest BCUT2D eigenvalue weighted by molar-refractivity contribution is 0.0991. The molecule has 2 aromatic rings. The minimum absolute atomic E-state index is 0.216. The highest BCUT2D eigenvalue weighted by Gasteiger charge is 2.18. The summed E-state index contributed by atoms with van der Waals surface area (Å²) >= 11 is 0. The van der Waals surface area contributed by atoms with Crippen molar-refractivity contribution < 1.29 is 18.4 Å². The van der Waals surface area contributed by atoms with E-state index in [0.717, 1.165) is 6.07 Å². The van der Waals surface area contributed by atoms with Gasteiger partial charge in [0.15, 0.2) is 0 Å². The van der Waals surface area contributed by atoms with Crippen LogP contribution in [0.15, 0.2) is 12.1 Å². The Bertz CT molecular complexity index is 698. The van der Waals surface area contributed by atoms with Gasteiger partial charge in [0.05, 0.1) is 11.3 Å². The fourth-order valence-corrected chi connectivity index (χ4v) is 1.46. The van der Waals surface area contributed by atoms with Gasteiger partial charge in [-0.15, -0.1) is 5.10 Å². The summed E-state index contributed by atoms with van der Waals surface area (Å²) in [6.07, 6.45) is 0. The lowest BCUT2D eigenvalue weighted by Crippen LogP contribution is -2.18. The van der Waals surface area contributed by atoms with Crippen molar-refractivity contribution in [2.45, 2.75) is 6.92 Å². The van der Waals surface area contributed by atoms with Gasteiger partial charge in [-0.05, 0) is 13.0 Å². The first-order valence-corrected chi connectivity index (χ1v) is 5.37. The van der Waals surface area contributed by atoms with Crippen LogP contribution in [0.1, 0.15) is 26.8 Å². The van der Waals surface area contributed by atoms with Gasteiger partial charge in [-0.3, -0.25) is 14.7 Å². The number of halogens is 2. The topological polar surface area (TPSA) is 114 Å². The second-order valence-corrected chi connectivity index (χ2v) is 3.87. The average Bonchev–Trinajstić information content (AvgIpc) is 2.79. The zero-order chi connectivity index (χ0) is 14.9. The summed E-state index contributed by atoms with van der Waals surface area (Å²) in [5.74, 6) is -3.86. The molecule has 0 fully saturated rings. The SMILES string of the molecule is Cc1nc(C(=O)Nc2cc(C(N)=O)c(F)cc2F)n[nH]1. The molecule has 104 valence electrons. The van der Waals surface area contributed by atoms with E-state index in [1.807, 2.05) is 0 Å². The molecular formula is C11H9F2N5O2. The molecule has 0 aliphatic rings. The molecule has 0 aliphatic carbocycles. The lowest BCUT2D eigenvalue weighted by atomic mass is 10.1. The molecule has 0 radical (unpaired) electrons. The second-order valence-electron chi connectivity index (χ2n) is 3.87. The molecule has 0 bridgehead atoms. The van der Waals surface area contributed by atoms with Gasteiger partial charge in [0.25, 0.3) is 11.8 Å². The number of nitrogens with zero attached hydrogens (tertiary/aromatic N) is 2. The van der Waals surface area contributed by atoms with Gasteiger partial charge in [-0.1, -0.05) is 0 Å². The maximum Gasteiger partial charge on any atom is 0.295 e. The van der Waals surface area contributed by atoms with Crippen molar-refractivity contribution >= 4 is 17.5 Å². The molecule has 2 amide bonds. The third kappa shape index (κ3) is 2.60. The van der Waals surface area contributed by atoms with Crippen molar-refractivity contribution in [1.82, 2.24) is 15.2 Å². The van der Waals surface area contributed by atoms with E-state index in [9.17, 15) is 18.4 Å². The Hall–Kier alpha value is -2.84. The first-order valence-electron chi connectivity index (χ1n) is 5.37. The highest BCUT2D eigenvalue weighted by atomic mass is 19.1. The van der Waals surface area contributed by atoms with E-state index in [1.165, 1.54) is 0 Å². The van der Waals surface area contributed by atoms with Crippen molar-refractivity contribution in [1.29, 1.82) is 0 Å². The molecule has 9 heteroatoms. The number of rotatable bonds is 3. The predicted molar refractivity (Wildman–Crippen MR) is 63.9 cm³/mol. The van der Waals surface area contributed by atoms with E-state index >= 15 is 0 Å². The Labute approximate surface area is 111 Å². The third-order valence-electron chi connectivity index (χ3n) is 2.37. The van der Waals surface area contributed by atoms with Crippen LogP contribution < -0.4 is 11.1 Å². The van der Waals surface area contributed by atoms with Crippen LogP contribution in [0, 0.1) is 18.6 Å². The molecule has 0 spiro atoms. The quantitative estimate of drug-likeness (QED) is 0.769. The smallest absolute Gasteiger partial charge is 0.295 e. The van der Waals surface area contributed by atoms with E-state index in [4.69, 9.17) is 5.73 Å². The molecule has 1 aromatic heterocycles. The molecule has 2 rings (SSSR count). The number of aromatic amines is 1. The number of nitrogens with two attached hydrogens (primary N) is 1. The zero-order valence-corrected chi connectivity index (χ0v) is 10.2. The van der Waals surface area contributed by atoms with E-state index in [-0.39, 0.29) is 5.82 Å². The summed E-state index contributed by atoms with van der Waals surface area (Å²) in [5, 5.41) is 8.15. The van der Waals surface area contributed by atoms with E-state index in [1.54, 1.807) is 6.92 Å². The number of aryl methyl sites for hydroxylation is 1. The number of nitrogens with one attached hydrogen (secondary N) is 2. The van der Waals surface area contributed by atoms with Gasteiger partial charge >= 0.3 is 0 Å². The van der Waals surface area contributed by atoms with Crippen molar-refractivity contribution in [3.05, 3.63) is 41.0 Å². The van der Waals surface area contributed by atoms with Gasteiger partial charge in [0, 0.05) is 6.07 Å². The number of hydrogen-bond donors (Lipinski definition) is 3. The van der Waals surface area contributed by atoms with Crippen LogP contribution in [0.5, 0.6) is 0 Å². The van der Waals surface area contributed by atoms with Crippen LogP contribution in [-0.2, 0) is 0 Å². The molecule has 0 atom stereocenters. The van der Waals surface area contributed by atoms with Crippen LogP contribution in [-0.4, -0.2) is 27.0 Å². The van der Waals surface area contributed by atoms with Crippen LogP contribution in [0.4, 0.5) is 14.5 Å². The van der Waals surface area contributed by atoms with Crippen LogP contribution in [0.2, 0.25) is 0 Å². The minimum Gasteiger partial charge on any atom is -0.366 e. The Morgan fingerprint density at radius 2 is 2.00 bits per heavy atom. The highest BCUT2D eigenvalue weighted by Crippen LogP contribution is 2.19. The van der Waals surface area contributed by atoms with Crippen molar-refractivity contribution in [3.63, 3.8) is 0 Å². The second kappa shape index (κ2) is 5.03. The summed E-state index contributed by atoms with van der Waals surface area (Å²) in [6, 6.07) is 1.27. The van der Waals surface area contributed by atoms with E-state index < -0.39 is 34.7 Å². The summed E-state index contributed by atoms with van der Waals surface area (Å²) in [7, 11) is 0. The molecule has 0 saturated carbocycles. The minimum atomic E-state index is -1.11. The average molecular weight is 281 g/mol. The molecular weight excluding hydrogens is 272 g/mol. The van der Waals surface area contributed by atoms with Gasteiger partial charge in [-0.2, -0.15) is 0 Å². The molecule has 0 aliphatic heterocycles. The molecule has 20 heavy (non-hydrogen) atoms. The Morgan fingerprint density at radius 3 is 2.55 bits per heavy atom. The lowest BCUT2D eigenvalue weighted by Gasteiger charge is -2.06. The summed E-state index contributed by atoms with van der Waals surface area (Å²) in [5.41, 5.74) is 4.00. The highest BCUT2D eigenvalue weighted by molar-refractivity contribution is 6.02. The molecule has 0 unspecified atom stereocenters. The first-order chi connectivity index (χ1) is 9.38.